The van der Waals surface area contributed by atoms with Gasteiger partial charge >= 0.3 is 0 Å². The molecule has 0 aliphatic heterocycles. The molecule has 0 bridgehead atoms. The second kappa shape index (κ2) is 4.60. The van der Waals surface area contributed by atoms with Crippen LogP contribution in [0.2, 0.25) is 10.0 Å². The Kier molecular flexibility index (Phi) is 3.48. The fraction of sp³-hybridized carbons (Fsp3) is 0.308. The molecule has 1 heterocycles. The third-order valence-electron chi connectivity index (χ3n) is 2.36. The zero-order valence-electron chi connectivity index (χ0n) is 9.92. The number of hydrogen-bond acceptors (Lipinski definition) is 2. The maximum Gasteiger partial charge on any atom is 0.0986 e. The molecule has 1 nitrogen and oxygen atoms in total. The van der Waals surface area contributed by atoms with Gasteiger partial charge in [-0.05, 0) is 12.1 Å². The lowest BCUT2D eigenvalue weighted by Crippen LogP contribution is -2.10. The molecule has 0 radical (unpaired) electrons. The van der Waals surface area contributed by atoms with E-state index in [0.717, 1.165) is 16.3 Å². The van der Waals surface area contributed by atoms with Gasteiger partial charge in [0.1, 0.15) is 0 Å². The standard InChI is InChI=1S/C13H13Cl2NS/c1-13(2,3)12-16-11(7-17-12)8-4-5-9(14)10(15)6-8/h4-7H,1-3H3. The van der Waals surface area contributed by atoms with Crippen LogP contribution >= 0.6 is 34.5 Å². The molecule has 0 atom stereocenters. The van der Waals surface area contributed by atoms with Gasteiger partial charge in [0.15, 0.2) is 0 Å². The Labute approximate surface area is 115 Å². The molecule has 2 aromatic rings. The first-order valence-electron chi connectivity index (χ1n) is 5.29. The molecule has 0 N–H and O–H groups in total. The van der Waals surface area contributed by atoms with Crippen LogP contribution in [0.5, 0.6) is 0 Å². The van der Waals surface area contributed by atoms with Gasteiger partial charge in [0.2, 0.25) is 0 Å². The van der Waals surface area contributed by atoms with Crippen LogP contribution < -0.4 is 0 Å². The number of thiazole rings is 1. The maximum absolute atomic E-state index is 6.00. The number of halogens is 2. The van der Waals surface area contributed by atoms with Crippen molar-refractivity contribution in [2.75, 3.05) is 0 Å². The zero-order chi connectivity index (χ0) is 12.6. The lowest BCUT2D eigenvalue weighted by Gasteiger charge is -2.13. The smallest absolute Gasteiger partial charge is 0.0986 e. The van der Waals surface area contributed by atoms with Gasteiger partial charge in [-0.3, -0.25) is 0 Å². The molecule has 0 aliphatic carbocycles. The first-order valence-corrected chi connectivity index (χ1v) is 6.93. The average molecular weight is 286 g/mol. The van der Waals surface area contributed by atoms with Crippen molar-refractivity contribution < 1.29 is 0 Å². The summed E-state index contributed by atoms with van der Waals surface area (Å²) in [6.45, 7) is 6.47. The highest BCUT2D eigenvalue weighted by Gasteiger charge is 2.18. The van der Waals surface area contributed by atoms with Gasteiger partial charge in [0.05, 0.1) is 20.7 Å². The average Bonchev–Trinajstić information content (AvgIpc) is 2.70. The van der Waals surface area contributed by atoms with E-state index in [0.29, 0.717) is 10.0 Å². The van der Waals surface area contributed by atoms with Crippen molar-refractivity contribution in [1.29, 1.82) is 0 Å². The molecular weight excluding hydrogens is 273 g/mol. The molecule has 17 heavy (non-hydrogen) atoms. The van der Waals surface area contributed by atoms with E-state index in [2.05, 4.69) is 31.1 Å². The largest absolute Gasteiger partial charge is 0.241 e. The van der Waals surface area contributed by atoms with Crippen molar-refractivity contribution in [2.24, 2.45) is 0 Å². The minimum atomic E-state index is 0.0825. The summed E-state index contributed by atoms with van der Waals surface area (Å²) in [6, 6.07) is 5.59. The van der Waals surface area contributed by atoms with E-state index in [-0.39, 0.29) is 5.41 Å². The molecule has 2 rings (SSSR count). The summed E-state index contributed by atoms with van der Waals surface area (Å²) in [5.41, 5.74) is 2.05. The molecule has 4 heteroatoms. The summed E-state index contributed by atoms with van der Waals surface area (Å²) < 4.78 is 0. The molecule has 0 aliphatic rings. The van der Waals surface area contributed by atoms with E-state index in [1.165, 1.54) is 0 Å². The van der Waals surface area contributed by atoms with E-state index < -0.39 is 0 Å². The summed E-state index contributed by atoms with van der Waals surface area (Å²) >= 11 is 13.6. The van der Waals surface area contributed by atoms with Gasteiger partial charge in [-0.15, -0.1) is 11.3 Å². The second-order valence-electron chi connectivity index (χ2n) is 4.92. The lowest BCUT2D eigenvalue weighted by molar-refractivity contribution is 0.586. The fourth-order valence-electron chi connectivity index (χ4n) is 1.41. The normalized spacial score (nSPS) is 11.8. The second-order valence-corrected chi connectivity index (χ2v) is 6.59. The number of hydrogen-bond donors (Lipinski definition) is 0. The van der Waals surface area contributed by atoms with Gasteiger partial charge in [0, 0.05) is 16.4 Å². The highest BCUT2D eigenvalue weighted by molar-refractivity contribution is 7.10. The molecular formula is C13H13Cl2NS. The Balaban J connectivity index is 2.40. The minimum Gasteiger partial charge on any atom is -0.241 e. The summed E-state index contributed by atoms with van der Waals surface area (Å²) in [5, 5.41) is 4.31. The van der Waals surface area contributed by atoms with Crippen LogP contribution in [0.25, 0.3) is 11.3 Å². The van der Waals surface area contributed by atoms with Crippen LogP contribution in [0.15, 0.2) is 23.6 Å². The lowest BCUT2D eigenvalue weighted by atomic mass is 9.98. The van der Waals surface area contributed by atoms with Crippen molar-refractivity contribution in [3.63, 3.8) is 0 Å². The Bertz CT molecular complexity index is 541. The molecule has 90 valence electrons. The Morgan fingerprint density at radius 3 is 2.35 bits per heavy atom. The van der Waals surface area contributed by atoms with Crippen LogP contribution in [0.3, 0.4) is 0 Å². The van der Waals surface area contributed by atoms with E-state index in [1.54, 1.807) is 17.4 Å². The molecule has 0 saturated heterocycles. The van der Waals surface area contributed by atoms with Crippen LogP contribution in [0, 0.1) is 0 Å². The van der Waals surface area contributed by atoms with Gasteiger partial charge in [0.25, 0.3) is 0 Å². The van der Waals surface area contributed by atoms with Crippen molar-refractivity contribution in [3.8, 4) is 11.3 Å². The molecule has 1 aromatic carbocycles. The van der Waals surface area contributed by atoms with E-state index >= 15 is 0 Å². The summed E-state index contributed by atoms with van der Waals surface area (Å²) in [4.78, 5) is 4.64. The maximum atomic E-state index is 6.00. The highest BCUT2D eigenvalue weighted by atomic mass is 35.5. The highest BCUT2D eigenvalue weighted by Crippen LogP contribution is 2.32. The molecule has 0 fully saturated rings. The first kappa shape index (κ1) is 12.9. The first-order chi connectivity index (χ1) is 7.88. The minimum absolute atomic E-state index is 0.0825. The van der Waals surface area contributed by atoms with Crippen LogP contribution in [0.1, 0.15) is 25.8 Å². The van der Waals surface area contributed by atoms with Crippen molar-refractivity contribution >= 4 is 34.5 Å². The Morgan fingerprint density at radius 2 is 1.82 bits per heavy atom. The molecule has 1 aromatic heterocycles. The van der Waals surface area contributed by atoms with Crippen molar-refractivity contribution in [1.82, 2.24) is 4.98 Å². The Morgan fingerprint density at radius 1 is 1.12 bits per heavy atom. The predicted molar refractivity (Wildman–Crippen MR) is 76.3 cm³/mol. The molecule has 0 amide bonds. The summed E-state index contributed by atoms with van der Waals surface area (Å²) in [7, 11) is 0. The van der Waals surface area contributed by atoms with Gasteiger partial charge in [-0.1, -0.05) is 50.0 Å². The number of rotatable bonds is 1. The predicted octanol–water partition coefficient (Wildman–Crippen LogP) is 5.41. The number of nitrogens with zero attached hydrogens (tertiary/aromatic N) is 1. The van der Waals surface area contributed by atoms with Gasteiger partial charge in [-0.2, -0.15) is 0 Å². The monoisotopic (exact) mass is 285 g/mol. The Hall–Kier alpha value is -0.570. The van der Waals surface area contributed by atoms with Gasteiger partial charge < -0.3 is 0 Å². The van der Waals surface area contributed by atoms with Gasteiger partial charge in [-0.25, -0.2) is 4.98 Å². The van der Waals surface area contributed by atoms with Crippen molar-refractivity contribution in [3.05, 3.63) is 38.6 Å². The summed E-state index contributed by atoms with van der Waals surface area (Å²) in [5.74, 6) is 0. The third-order valence-corrected chi connectivity index (χ3v) is 4.37. The number of aromatic nitrogens is 1. The van der Waals surface area contributed by atoms with Crippen molar-refractivity contribution in [2.45, 2.75) is 26.2 Å². The van der Waals surface area contributed by atoms with Crippen LogP contribution in [-0.4, -0.2) is 4.98 Å². The van der Waals surface area contributed by atoms with Crippen LogP contribution in [0.4, 0.5) is 0 Å². The molecule has 0 unspecified atom stereocenters. The number of benzene rings is 1. The third kappa shape index (κ3) is 2.82. The zero-order valence-corrected chi connectivity index (χ0v) is 12.2. The quantitative estimate of drug-likeness (QED) is 0.682. The summed E-state index contributed by atoms with van der Waals surface area (Å²) in [6.07, 6.45) is 0. The molecule has 0 spiro atoms. The van der Waals surface area contributed by atoms with Crippen LogP contribution in [-0.2, 0) is 5.41 Å². The topological polar surface area (TPSA) is 12.9 Å². The van der Waals surface area contributed by atoms with E-state index in [9.17, 15) is 0 Å². The fourth-order valence-corrected chi connectivity index (χ4v) is 2.62. The van der Waals surface area contributed by atoms with E-state index in [1.807, 2.05) is 12.1 Å². The molecule has 0 saturated carbocycles. The SMILES string of the molecule is CC(C)(C)c1nc(-c2ccc(Cl)c(Cl)c2)cs1. The van der Waals surface area contributed by atoms with E-state index in [4.69, 9.17) is 23.2 Å².